The molecule has 0 saturated carbocycles. The smallest absolute Gasteiger partial charge is 0.144 e. The molecule has 0 N–H and O–H groups in total. The summed E-state index contributed by atoms with van der Waals surface area (Å²) in [5, 5.41) is 8.96. The van der Waals surface area contributed by atoms with E-state index in [0.717, 1.165) is 38.0 Å². The fourth-order valence-electron chi connectivity index (χ4n) is 1.81. The number of pyridine rings is 1. The van der Waals surface area contributed by atoms with Gasteiger partial charge in [0.25, 0.3) is 0 Å². The molecule has 0 fully saturated rings. The van der Waals surface area contributed by atoms with Crippen LogP contribution in [0.15, 0.2) is 18.3 Å². The summed E-state index contributed by atoms with van der Waals surface area (Å²) in [4.78, 5) is 6.46. The van der Waals surface area contributed by atoms with Crippen LogP contribution in [0, 0.1) is 11.3 Å². The number of nitrogens with zero attached hydrogens (tertiary/aromatic N) is 3. The lowest BCUT2D eigenvalue weighted by atomic mass is 10.2. The van der Waals surface area contributed by atoms with Crippen molar-refractivity contribution < 1.29 is 0 Å². The molecular formula is C13H19N3. The molecule has 0 spiro atoms. The first-order valence-electron chi connectivity index (χ1n) is 5.88. The van der Waals surface area contributed by atoms with E-state index in [4.69, 9.17) is 5.26 Å². The van der Waals surface area contributed by atoms with Crippen LogP contribution >= 0.6 is 0 Å². The average molecular weight is 217 g/mol. The lowest BCUT2D eigenvalue weighted by molar-refractivity contribution is 0.266. The van der Waals surface area contributed by atoms with Gasteiger partial charge >= 0.3 is 0 Å². The van der Waals surface area contributed by atoms with Crippen molar-refractivity contribution in [3.05, 3.63) is 29.6 Å². The maximum absolute atomic E-state index is 8.96. The molecule has 0 bridgehead atoms. The molecule has 0 aliphatic heterocycles. The van der Waals surface area contributed by atoms with Gasteiger partial charge in [-0.1, -0.05) is 19.9 Å². The topological polar surface area (TPSA) is 39.9 Å². The van der Waals surface area contributed by atoms with Crippen LogP contribution in [0.2, 0.25) is 0 Å². The van der Waals surface area contributed by atoms with E-state index in [1.54, 1.807) is 6.20 Å². The molecule has 16 heavy (non-hydrogen) atoms. The lowest BCUT2D eigenvalue weighted by Gasteiger charge is -2.21. The first-order chi connectivity index (χ1) is 7.81. The SMILES string of the molecule is CCCN(CCC)Cc1cccnc1C#N. The fourth-order valence-corrected chi connectivity index (χ4v) is 1.81. The Balaban J connectivity index is 2.72. The van der Waals surface area contributed by atoms with Gasteiger partial charge in [-0.3, -0.25) is 4.90 Å². The molecule has 0 atom stereocenters. The van der Waals surface area contributed by atoms with Gasteiger partial charge in [0.1, 0.15) is 11.8 Å². The van der Waals surface area contributed by atoms with Gasteiger partial charge in [-0.15, -0.1) is 0 Å². The van der Waals surface area contributed by atoms with Gasteiger partial charge in [0.15, 0.2) is 0 Å². The van der Waals surface area contributed by atoms with Crippen molar-refractivity contribution in [3.63, 3.8) is 0 Å². The molecule has 86 valence electrons. The molecule has 0 radical (unpaired) electrons. The van der Waals surface area contributed by atoms with E-state index in [2.05, 4.69) is 29.8 Å². The number of hydrogen-bond donors (Lipinski definition) is 0. The molecular weight excluding hydrogens is 198 g/mol. The minimum Gasteiger partial charge on any atom is -0.299 e. The molecule has 1 aromatic heterocycles. The molecule has 0 saturated heterocycles. The van der Waals surface area contributed by atoms with Crippen LogP contribution in [0.3, 0.4) is 0 Å². The van der Waals surface area contributed by atoms with Crippen LogP contribution in [0.5, 0.6) is 0 Å². The summed E-state index contributed by atoms with van der Waals surface area (Å²) < 4.78 is 0. The zero-order chi connectivity index (χ0) is 11.8. The van der Waals surface area contributed by atoms with Crippen molar-refractivity contribution in [1.82, 2.24) is 9.88 Å². The first-order valence-corrected chi connectivity index (χ1v) is 5.88. The Morgan fingerprint density at radius 1 is 1.31 bits per heavy atom. The Morgan fingerprint density at radius 3 is 2.56 bits per heavy atom. The van der Waals surface area contributed by atoms with Crippen LogP contribution in [0.25, 0.3) is 0 Å². The quantitative estimate of drug-likeness (QED) is 0.735. The molecule has 3 heteroatoms. The van der Waals surface area contributed by atoms with Crippen LogP contribution in [-0.2, 0) is 6.54 Å². The zero-order valence-corrected chi connectivity index (χ0v) is 10.1. The Hall–Kier alpha value is -1.40. The van der Waals surface area contributed by atoms with E-state index in [0.29, 0.717) is 5.69 Å². The Bertz CT molecular complexity index is 348. The summed E-state index contributed by atoms with van der Waals surface area (Å²) in [6, 6.07) is 6.03. The van der Waals surface area contributed by atoms with Crippen LogP contribution < -0.4 is 0 Å². The number of aromatic nitrogens is 1. The molecule has 1 aromatic rings. The van der Waals surface area contributed by atoms with Gasteiger partial charge in [0.2, 0.25) is 0 Å². The standard InChI is InChI=1S/C13H19N3/c1-3-8-16(9-4-2)11-12-6-5-7-15-13(12)10-14/h5-7H,3-4,8-9,11H2,1-2H3. The summed E-state index contributed by atoms with van der Waals surface area (Å²) in [7, 11) is 0. The maximum Gasteiger partial charge on any atom is 0.144 e. The predicted molar refractivity (Wildman–Crippen MR) is 64.8 cm³/mol. The van der Waals surface area contributed by atoms with E-state index in [1.165, 1.54) is 0 Å². The highest BCUT2D eigenvalue weighted by Crippen LogP contribution is 2.09. The fraction of sp³-hybridized carbons (Fsp3) is 0.538. The van der Waals surface area contributed by atoms with Crippen molar-refractivity contribution in [2.45, 2.75) is 33.2 Å². The van der Waals surface area contributed by atoms with E-state index >= 15 is 0 Å². The minimum atomic E-state index is 0.555. The van der Waals surface area contributed by atoms with Crippen LogP contribution in [0.1, 0.15) is 37.9 Å². The number of hydrogen-bond acceptors (Lipinski definition) is 3. The number of nitriles is 1. The molecule has 3 nitrogen and oxygen atoms in total. The average Bonchev–Trinajstić information content (AvgIpc) is 2.30. The normalized spacial score (nSPS) is 10.4. The van der Waals surface area contributed by atoms with Gasteiger partial charge in [0, 0.05) is 18.3 Å². The van der Waals surface area contributed by atoms with Gasteiger partial charge in [0.05, 0.1) is 0 Å². The molecule has 0 aliphatic carbocycles. The monoisotopic (exact) mass is 217 g/mol. The second-order valence-electron chi connectivity index (χ2n) is 3.90. The second kappa shape index (κ2) is 6.97. The Morgan fingerprint density at radius 2 is 2.00 bits per heavy atom. The molecule has 1 rings (SSSR count). The molecule has 0 unspecified atom stereocenters. The van der Waals surface area contributed by atoms with E-state index < -0.39 is 0 Å². The lowest BCUT2D eigenvalue weighted by Crippen LogP contribution is -2.25. The highest BCUT2D eigenvalue weighted by atomic mass is 15.1. The van der Waals surface area contributed by atoms with E-state index in [9.17, 15) is 0 Å². The summed E-state index contributed by atoms with van der Waals surface area (Å²) >= 11 is 0. The Kier molecular flexibility index (Phi) is 5.52. The summed E-state index contributed by atoms with van der Waals surface area (Å²) in [6.45, 7) is 7.34. The van der Waals surface area contributed by atoms with Gasteiger partial charge in [-0.2, -0.15) is 5.26 Å². The van der Waals surface area contributed by atoms with Gasteiger partial charge < -0.3 is 0 Å². The van der Waals surface area contributed by atoms with Crippen molar-refractivity contribution >= 4 is 0 Å². The molecule has 0 aliphatic rings. The van der Waals surface area contributed by atoms with E-state index in [1.807, 2.05) is 12.1 Å². The van der Waals surface area contributed by atoms with Crippen LogP contribution in [-0.4, -0.2) is 23.0 Å². The largest absolute Gasteiger partial charge is 0.299 e. The van der Waals surface area contributed by atoms with Crippen LogP contribution in [0.4, 0.5) is 0 Å². The molecule has 1 heterocycles. The molecule has 0 amide bonds. The highest BCUT2D eigenvalue weighted by Gasteiger charge is 2.07. The third-order valence-electron chi connectivity index (χ3n) is 2.47. The van der Waals surface area contributed by atoms with Crippen molar-refractivity contribution in [1.29, 1.82) is 5.26 Å². The third kappa shape index (κ3) is 3.63. The highest BCUT2D eigenvalue weighted by molar-refractivity contribution is 5.30. The van der Waals surface area contributed by atoms with Crippen molar-refractivity contribution in [2.75, 3.05) is 13.1 Å². The zero-order valence-electron chi connectivity index (χ0n) is 10.1. The van der Waals surface area contributed by atoms with Crippen molar-refractivity contribution in [3.8, 4) is 6.07 Å². The number of rotatable bonds is 6. The summed E-state index contributed by atoms with van der Waals surface area (Å²) in [6.07, 6.45) is 3.95. The predicted octanol–water partition coefficient (Wildman–Crippen LogP) is 2.58. The second-order valence-corrected chi connectivity index (χ2v) is 3.90. The maximum atomic E-state index is 8.96. The summed E-state index contributed by atoms with van der Waals surface area (Å²) in [5.41, 5.74) is 1.59. The van der Waals surface area contributed by atoms with Gasteiger partial charge in [-0.05, 0) is 32.0 Å². The van der Waals surface area contributed by atoms with Gasteiger partial charge in [-0.25, -0.2) is 4.98 Å². The van der Waals surface area contributed by atoms with Crippen molar-refractivity contribution in [2.24, 2.45) is 0 Å². The third-order valence-corrected chi connectivity index (χ3v) is 2.47. The summed E-state index contributed by atoms with van der Waals surface area (Å²) in [5.74, 6) is 0. The minimum absolute atomic E-state index is 0.555. The Labute approximate surface area is 97.7 Å². The molecule has 0 aromatic carbocycles. The van der Waals surface area contributed by atoms with E-state index in [-0.39, 0.29) is 0 Å². The first kappa shape index (κ1) is 12.7.